The number of nitrogens with two attached hydrogens (primary N) is 2. The number of hydrogen-bond donors (Lipinski definition) is 2. The molecule has 1 unspecified atom stereocenters. The number of carbonyl (C=O) groups is 1. The van der Waals surface area contributed by atoms with E-state index in [1.807, 2.05) is 6.92 Å². The summed E-state index contributed by atoms with van der Waals surface area (Å²) in [7, 11) is 0. The number of aryl methyl sites for hydroxylation is 1. The van der Waals surface area contributed by atoms with E-state index in [2.05, 4.69) is 31.6 Å². The number of pyridine rings is 1. The Labute approximate surface area is 171 Å². The fourth-order valence-electron chi connectivity index (χ4n) is 2.83. The van der Waals surface area contributed by atoms with Crippen molar-refractivity contribution in [2.75, 3.05) is 12.3 Å². The molecule has 0 bridgehead atoms. The van der Waals surface area contributed by atoms with Gasteiger partial charge < -0.3 is 16.2 Å². The zero-order valence-corrected chi connectivity index (χ0v) is 16.8. The maximum absolute atomic E-state index is 12.4. The normalized spacial score (nSPS) is 13.8. The molecule has 11 heteroatoms. The van der Waals surface area contributed by atoms with Crippen LogP contribution < -0.4 is 11.5 Å². The van der Waals surface area contributed by atoms with Crippen molar-refractivity contribution in [1.82, 2.24) is 15.3 Å². The topological polar surface area (TPSA) is 143 Å². The summed E-state index contributed by atoms with van der Waals surface area (Å²) in [5, 5.41) is 7.49. The van der Waals surface area contributed by atoms with E-state index in [1.165, 1.54) is 6.92 Å². The molecule has 0 aliphatic heterocycles. The Morgan fingerprint density at radius 1 is 1.40 bits per heavy atom. The average molecular weight is 422 g/mol. The molecule has 0 fully saturated rings. The fraction of sp³-hybridized carbons (Fsp3) is 0.421. The van der Waals surface area contributed by atoms with Gasteiger partial charge in [0.25, 0.3) is 5.91 Å². The summed E-state index contributed by atoms with van der Waals surface area (Å²) in [6.45, 7) is 3.73. The molecule has 2 aromatic rings. The smallest absolute Gasteiger partial charge is 0.345 e. The highest BCUT2D eigenvalue weighted by atomic mass is 19.3. The summed E-state index contributed by atoms with van der Waals surface area (Å²) in [5.74, 6) is -1.57. The second-order valence-corrected chi connectivity index (χ2v) is 6.49. The van der Waals surface area contributed by atoms with Crippen LogP contribution in [0.1, 0.15) is 31.5 Å². The first-order chi connectivity index (χ1) is 14.3. The third-order valence-electron chi connectivity index (χ3n) is 4.31. The minimum Gasteiger partial charge on any atom is -0.396 e. The van der Waals surface area contributed by atoms with Crippen LogP contribution in [0.15, 0.2) is 34.0 Å². The molecule has 1 amide bonds. The van der Waals surface area contributed by atoms with E-state index in [-0.39, 0.29) is 12.1 Å². The largest absolute Gasteiger partial charge is 0.396 e. The molecule has 0 saturated heterocycles. The number of halogens is 2. The number of ether oxygens (including phenoxy) is 1. The van der Waals surface area contributed by atoms with E-state index in [0.29, 0.717) is 46.6 Å². The van der Waals surface area contributed by atoms with E-state index < -0.39 is 25.0 Å². The number of amides is 1. The SMILES string of the molecule is C=CC/C=C(Cc1c(CC)nc2nonc2c1N)\N=C(\C(N)=O)C(C)COC(F)F. The zero-order chi connectivity index (χ0) is 22.3. The van der Waals surface area contributed by atoms with E-state index in [9.17, 15) is 13.6 Å². The quantitative estimate of drug-likeness (QED) is 0.418. The van der Waals surface area contributed by atoms with Crippen molar-refractivity contribution in [1.29, 1.82) is 0 Å². The van der Waals surface area contributed by atoms with Crippen molar-refractivity contribution in [3.8, 4) is 0 Å². The Bertz CT molecular complexity index is 971. The van der Waals surface area contributed by atoms with E-state index >= 15 is 0 Å². The highest BCUT2D eigenvalue weighted by Crippen LogP contribution is 2.27. The number of fused-ring (bicyclic) bond motifs is 1. The predicted molar refractivity (Wildman–Crippen MR) is 108 cm³/mol. The summed E-state index contributed by atoms with van der Waals surface area (Å²) in [6.07, 6.45) is 4.60. The molecule has 30 heavy (non-hydrogen) atoms. The molecule has 0 spiro atoms. The van der Waals surface area contributed by atoms with Gasteiger partial charge in [0.1, 0.15) is 5.71 Å². The van der Waals surface area contributed by atoms with Crippen molar-refractivity contribution in [3.05, 3.63) is 35.7 Å². The highest BCUT2D eigenvalue weighted by molar-refractivity contribution is 6.39. The summed E-state index contributed by atoms with van der Waals surface area (Å²) >= 11 is 0. The third kappa shape index (κ3) is 5.66. The molecular formula is C19H24F2N6O3. The monoisotopic (exact) mass is 422 g/mol. The summed E-state index contributed by atoms with van der Waals surface area (Å²) < 4.78 is 33.7. The number of hydrogen-bond acceptors (Lipinski definition) is 8. The van der Waals surface area contributed by atoms with Crippen LogP contribution in [0, 0.1) is 5.92 Å². The molecule has 162 valence electrons. The summed E-state index contributed by atoms with van der Waals surface area (Å²) in [6, 6.07) is 0. The summed E-state index contributed by atoms with van der Waals surface area (Å²) in [5.41, 5.74) is 14.3. The maximum Gasteiger partial charge on any atom is 0.345 e. The number of aromatic nitrogens is 3. The fourth-order valence-corrected chi connectivity index (χ4v) is 2.83. The van der Waals surface area contributed by atoms with Crippen LogP contribution in [-0.4, -0.2) is 40.1 Å². The van der Waals surface area contributed by atoms with Gasteiger partial charge in [-0.25, -0.2) is 9.61 Å². The molecular weight excluding hydrogens is 398 g/mol. The number of nitrogens with zero attached hydrogens (tertiary/aromatic N) is 4. The number of alkyl halides is 2. The van der Waals surface area contributed by atoms with E-state index in [4.69, 9.17) is 16.1 Å². The van der Waals surface area contributed by atoms with Gasteiger partial charge in [0.15, 0.2) is 5.52 Å². The number of anilines is 1. The van der Waals surface area contributed by atoms with Gasteiger partial charge in [-0.2, -0.15) is 8.78 Å². The average Bonchev–Trinajstić information content (AvgIpc) is 3.18. The molecule has 0 aliphatic carbocycles. The van der Waals surface area contributed by atoms with Gasteiger partial charge in [-0.3, -0.25) is 9.79 Å². The molecule has 1 atom stereocenters. The highest BCUT2D eigenvalue weighted by Gasteiger charge is 2.21. The van der Waals surface area contributed by atoms with Crippen LogP contribution in [0.3, 0.4) is 0 Å². The Balaban J connectivity index is 2.46. The minimum absolute atomic E-state index is 0.0836. The van der Waals surface area contributed by atoms with Gasteiger partial charge in [0, 0.05) is 29.3 Å². The molecule has 4 N–H and O–H groups in total. The van der Waals surface area contributed by atoms with Crippen molar-refractivity contribution < 1.29 is 22.9 Å². The third-order valence-corrected chi connectivity index (χ3v) is 4.31. The van der Waals surface area contributed by atoms with Crippen LogP contribution in [0.5, 0.6) is 0 Å². The van der Waals surface area contributed by atoms with Crippen LogP contribution in [0.4, 0.5) is 14.5 Å². The molecule has 2 rings (SSSR count). The lowest BCUT2D eigenvalue weighted by molar-refractivity contribution is -0.133. The van der Waals surface area contributed by atoms with Gasteiger partial charge in [0.2, 0.25) is 5.65 Å². The first kappa shape index (κ1) is 23.1. The Hall–Kier alpha value is -3.21. The second kappa shape index (κ2) is 10.5. The molecule has 0 radical (unpaired) electrons. The molecule has 0 saturated carbocycles. The number of rotatable bonds is 11. The van der Waals surface area contributed by atoms with Crippen LogP contribution >= 0.6 is 0 Å². The first-order valence-corrected chi connectivity index (χ1v) is 9.25. The second-order valence-electron chi connectivity index (χ2n) is 6.49. The van der Waals surface area contributed by atoms with Crippen molar-refractivity contribution >= 4 is 28.5 Å². The van der Waals surface area contributed by atoms with Gasteiger partial charge >= 0.3 is 6.61 Å². The number of aliphatic imine (C=N–C) groups is 1. The maximum atomic E-state index is 12.4. The molecule has 0 aromatic carbocycles. The number of allylic oxidation sites excluding steroid dienone is 3. The molecule has 2 aromatic heterocycles. The van der Waals surface area contributed by atoms with Gasteiger partial charge in [-0.05, 0) is 23.2 Å². The Morgan fingerprint density at radius 2 is 2.13 bits per heavy atom. The number of primary amides is 1. The number of carbonyl (C=O) groups excluding carboxylic acids is 1. The van der Waals surface area contributed by atoms with Gasteiger partial charge in [-0.15, -0.1) is 6.58 Å². The minimum atomic E-state index is -2.96. The molecule has 9 nitrogen and oxygen atoms in total. The molecule has 2 heterocycles. The zero-order valence-electron chi connectivity index (χ0n) is 16.8. The standard InChI is InChI=1S/C19H24F2N6O3/c1-4-6-7-11(24-15(17(23)28)10(3)9-29-19(20)21)8-12-13(5-2)25-18-16(14(12)22)26-30-27-18/h4,7,10,19H,1,5-6,8-9,22H2,2-3H3,(H2,23,28)/b11-7-,24-15+. The van der Waals surface area contributed by atoms with Crippen molar-refractivity contribution in [3.63, 3.8) is 0 Å². The Morgan fingerprint density at radius 3 is 2.73 bits per heavy atom. The van der Waals surface area contributed by atoms with Crippen LogP contribution in [0.2, 0.25) is 0 Å². The van der Waals surface area contributed by atoms with E-state index in [0.717, 1.165) is 0 Å². The number of nitrogen functional groups attached to an aromatic ring is 1. The lowest BCUT2D eigenvalue weighted by Crippen LogP contribution is -2.32. The Kier molecular flexibility index (Phi) is 8.10. The van der Waals surface area contributed by atoms with Crippen molar-refractivity contribution in [2.24, 2.45) is 16.6 Å². The lowest BCUT2D eigenvalue weighted by Gasteiger charge is -2.15. The van der Waals surface area contributed by atoms with Gasteiger partial charge in [0.05, 0.1) is 12.3 Å². The lowest BCUT2D eigenvalue weighted by atomic mass is 10.0. The predicted octanol–water partition coefficient (Wildman–Crippen LogP) is 2.57. The summed E-state index contributed by atoms with van der Waals surface area (Å²) in [4.78, 5) is 20.7. The van der Waals surface area contributed by atoms with Crippen molar-refractivity contribution in [2.45, 2.75) is 39.7 Å². The van der Waals surface area contributed by atoms with Crippen LogP contribution in [0.25, 0.3) is 11.2 Å². The van der Waals surface area contributed by atoms with Crippen LogP contribution in [-0.2, 0) is 22.4 Å². The molecule has 0 aliphatic rings. The van der Waals surface area contributed by atoms with Gasteiger partial charge in [-0.1, -0.05) is 26.0 Å². The van der Waals surface area contributed by atoms with E-state index in [1.54, 1.807) is 12.2 Å². The first-order valence-electron chi connectivity index (χ1n) is 9.25.